The van der Waals surface area contributed by atoms with Crippen LogP contribution in [0.5, 0.6) is 5.75 Å². The van der Waals surface area contributed by atoms with Crippen LogP contribution in [0.25, 0.3) is 0 Å². The monoisotopic (exact) mass is 292 g/mol. The molecule has 2 amide bonds. The summed E-state index contributed by atoms with van der Waals surface area (Å²) in [7, 11) is 1.64. The van der Waals surface area contributed by atoms with E-state index in [0.29, 0.717) is 17.5 Å². The fraction of sp³-hybridized carbons (Fsp3) is 0.308. The van der Waals surface area contributed by atoms with Crippen LogP contribution in [0.1, 0.15) is 11.4 Å². The number of amides is 2. The molecule has 20 heavy (non-hydrogen) atoms. The van der Waals surface area contributed by atoms with Gasteiger partial charge in [-0.1, -0.05) is 12.1 Å². The molecule has 1 aromatic heterocycles. The molecule has 0 saturated carbocycles. The maximum absolute atomic E-state index is 11.6. The van der Waals surface area contributed by atoms with Crippen LogP contribution >= 0.6 is 11.5 Å². The maximum atomic E-state index is 11.6. The van der Waals surface area contributed by atoms with Gasteiger partial charge in [0.25, 0.3) is 0 Å². The van der Waals surface area contributed by atoms with Crippen LogP contribution in [-0.4, -0.2) is 29.0 Å². The van der Waals surface area contributed by atoms with Crippen LogP contribution in [0.3, 0.4) is 0 Å². The van der Waals surface area contributed by atoms with Crippen molar-refractivity contribution in [2.75, 3.05) is 19.0 Å². The Hall–Kier alpha value is -2.15. The first-order chi connectivity index (χ1) is 9.67. The van der Waals surface area contributed by atoms with Crippen molar-refractivity contribution in [3.8, 4) is 5.75 Å². The number of carbonyl (C=O) groups is 1. The molecule has 2 rings (SSSR count). The summed E-state index contributed by atoms with van der Waals surface area (Å²) in [6.07, 6.45) is 0.757. The van der Waals surface area contributed by atoms with Crippen LogP contribution in [0, 0.1) is 6.92 Å². The molecule has 2 N–H and O–H groups in total. The lowest BCUT2D eigenvalue weighted by Gasteiger charge is -2.06. The number of hydrogen-bond donors (Lipinski definition) is 2. The minimum Gasteiger partial charge on any atom is -0.497 e. The number of hydrogen-bond acceptors (Lipinski definition) is 5. The molecular weight excluding hydrogens is 276 g/mol. The molecular formula is C13H16N4O2S. The number of ether oxygens (including phenoxy) is 1. The van der Waals surface area contributed by atoms with E-state index in [-0.39, 0.29) is 6.03 Å². The quantitative estimate of drug-likeness (QED) is 0.886. The van der Waals surface area contributed by atoms with E-state index in [1.807, 2.05) is 24.3 Å². The maximum Gasteiger partial charge on any atom is 0.321 e. The van der Waals surface area contributed by atoms with Gasteiger partial charge < -0.3 is 10.1 Å². The molecule has 7 heteroatoms. The number of benzene rings is 1. The molecule has 0 bridgehead atoms. The van der Waals surface area contributed by atoms with E-state index in [2.05, 4.69) is 20.0 Å². The Morgan fingerprint density at radius 2 is 2.10 bits per heavy atom. The first kappa shape index (κ1) is 14.3. The Bertz CT molecular complexity index is 568. The third-order valence-electron chi connectivity index (χ3n) is 2.61. The lowest BCUT2D eigenvalue weighted by atomic mass is 10.1. The van der Waals surface area contributed by atoms with Crippen molar-refractivity contribution in [3.63, 3.8) is 0 Å². The van der Waals surface area contributed by atoms with E-state index in [1.54, 1.807) is 14.0 Å². The molecule has 0 atom stereocenters. The molecule has 0 fully saturated rings. The Morgan fingerprint density at radius 1 is 1.35 bits per heavy atom. The van der Waals surface area contributed by atoms with E-state index >= 15 is 0 Å². The standard InChI is InChI=1S/C13H16N4O2S/c1-9-15-13(20-17-9)16-12(18)14-8-7-10-3-5-11(19-2)6-4-10/h3-6H,7-8H2,1-2H3,(H2,14,15,16,17,18). The molecule has 0 saturated heterocycles. The highest BCUT2D eigenvalue weighted by Gasteiger charge is 2.05. The van der Waals surface area contributed by atoms with E-state index in [9.17, 15) is 4.79 Å². The Morgan fingerprint density at radius 3 is 2.70 bits per heavy atom. The highest BCUT2D eigenvalue weighted by Crippen LogP contribution is 2.11. The van der Waals surface area contributed by atoms with Crippen molar-refractivity contribution >= 4 is 22.7 Å². The molecule has 0 unspecified atom stereocenters. The first-order valence-electron chi connectivity index (χ1n) is 6.15. The number of rotatable bonds is 5. The third kappa shape index (κ3) is 4.20. The van der Waals surface area contributed by atoms with Crippen molar-refractivity contribution < 1.29 is 9.53 Å². The van der Waals surface area contributed by atoms with Gasteiger partial charge in [0.2, 0.25) is 5.13 Å². The van der Waals surface area contributed by atoms with Gasteiger partial charge in [-0.25, -0.2) is 9.78 Å². The van der Waals surface area contributed by atoms with Gasteiger partial charge in [0.15, 0.2) is 0 Å². The average molecular weight is 292 g/mol. The number of nitrogens with zero attached hydrogens (tertiary/aromatic N) is 2. The van der Waals surface area contributed by atoms with Crippen molar-refractivity contribution in [1.82, 2.24) is 14.7 Å². The zero-order chi connectivity index (χ0) is 14.4. The van der Waals surface area contributed by atoms with Gasteiger partial charge in [0, 0.05) is 18.1 Å². The number of nitrogens with one attached hydrogen (secondary N) is 2. The SMILES string of the molecule is COc1ccc(CCNC(=O)Nc2nc(C)ns2)cc1. The number of methoxy groups -OCH3 is 1. The van der Waals surface area contributed by atoms with Gasteiger partial charge in [-0.15, -0.1) is 0 Å². The van der Waals surface area contributed by atoms with Crippen LogP contribution in [0.2, 0.25) is 0 Å². The van der Waals surface area contributed by atoms with Crippen LogP contribution in [0.4, 0.5) is 9.93 Å². The van der Waals surface area contributed by atoms with E-state index < -0.39 is 0 Å². The summed E-state index contributed by atoms with van der Waals surface area (Å²) < 4.78 is 9.08. The number of carbonyl (C=O) groups excluding carboxylic acids is 1. The molecule has 0 aliphatic rings. The van der Waals surface area contributed by atoms with Crippen LogP contribution in [0.15, 0.2) is 24.3 Å². The summed E-state index contributed by atoms with van der Waals surface area (Å²) in [6.45, 7) is 2.33. The fourth-order valence-electron chi connectivity index (χ4n) is 1.60. The van der Waals surface area contributed by atoms with Gasteiger partial charge >= 0.3 is 6.03 Å². The first-order valence-corrected chi connectivity index (χ1v) is 6.93. The molecule has 0 spiro atoms. The lowest BCUT2D eigenvalue weighted by molar-refractivity contribution is 0.252. The third-order valence-corrected chi connectivity index (χ3v) is 3.33. The Labute approximate surface area is 121 Å². The number of aryl methyl sites for hydroxylation is 1. The summed E-state index contributed by atoms with van der Waals surface area (Å²) in [5.41, 5.74) is 1.14. The van der Waals surface area contributed by atoms with Crippen LogP contribution < -0.4 is 15.4 Å². The molecule has 6 nitrogen and oxygen atoms in total. The largest absolute Gasteiger partial charge is 0.497 e. The van der Waals surface area contributed by atoms with Gasteiger partial charge in [-0.3, -0.25) is 5.32 Å². The number of urea groups is 1. The molecule has 106 valence electrons. The summed E-state index contributed by atoms with van der Waals surface area (Å²) in [4.78, 5) is 15.7. The predicted octanol–water partition coefficient (Wildman–Crippen LogP) is 2.22. The normalized spacial score (nSPS) is 10.1. The molecule has 0 aliphatic heterocycles. The molecule has 2 aromatic rings. The van der Waals surface area contributed by atoms with Gasteiger partial charge in [0.05, 0.1) is 7.11 Å². The summed E-state index contributed by atoms with van der Waals surface area (Å²) >= 11 is 1.16. The fourth-order valence-corrected chi connectivity index (χ4v) is 2.17. The molecule has 0 radical (unpaired) electrons. The number of anilines is 1. The molecule has 1 heterocycles. The minimum absolute atomic E-state index is 0.269. The topological polar surface area (TPSA) is 76.1 Å². The van der Waals surface area contributed by atoms with Gasteiger partial charge in [-0.05, 0) is 31.0 Å². The summed E-state index contributed by atoms with van der Waals surface area (Å²) in [5.74, 6) is 1.48. The van der Waals surface area contributed by atoms with Crippen molar-refractivity contribution in [3.05, 3.63) is 35.7 Å². The Kier molecular flexibility index (Phi) is 4.89. The highest BCUT2D eigenvalue weighted by molar-refractivity contribution is 7.09. The minimum atomic E-state index is -0.269. The highest BCUT2D eigenvalue weighted by atomic mass is 32.1. The second-order valence-corrected chi connectivity index (χ2v) is 4.88. The summed E-state index contributed by atoms with van der Waals surface area (Å²) in [5, 5.41) is 5.92. The second-order valence-electron chi connectivity index (χ2n) is 4.13. The number of aromatic nitrogens is 2. The Balaban J connectivity index is 1.73. The van der Waals surface area contributed by atoms with Gasteiger partial charge in [0.1, 0.15) is 11.6 Å². The smallest absolute Gasteiger partial charge is 0.321 e. The van der Waals surface area contributed by atoms with Crippen molar-refractivity contribution in [2.45, 2.75) is 13.3 Å². The molecule has 1 aromatic carbocycles. The lowest BCUT2D eigenvalue weighted by Crippen LogP contribution is -2.30. The zero-order valence-corrected chi connectivity index (χ0v) is 12.2. The van der Waals surface area contributed by atoms with Crippen molar-refractivity contribution in [2.24, 2.45) is 0 Å². The zero-order valence-electron chi connectivity index (χ0n) is 11.3. The van der Waals surface area contributed by atoms with Crippen LogP contribution in [-0.2, 0) is 6.42 Å². The summed E-state index contributed by atoms with van der Waals surface area (Å²) in [6, 6.07) is 7.49. The molecule has 0 aliphatic carbocycles. The van der Waals surface area contributed by atoms with Crippen molar-refractivity contribution in [1.29, 1.82) is 0 Å². The second kappa shape index (κ2) is 6.85. The predicted molar refractivity (Wildman–Crippen MR) is 78.4 cm³/mol. The average Bonchev–Trinajstić information content (AvgIpc) is 2.85. The van der Waals surface area contributed by atoms with E-state index in [4.69, 9.17) is 4.74 Å². The van der Waals surface area contributed by atoms with E-state index in [1.165, 1.54) is 0 Å². The van der Waals surface area contributed by atoms with E-state index in [0.717, 1.165) is 29.3 Å². The van der Waals surface area contributed by atoms with Gasteiger partial charge in [-0.2, -0.15) is 4.37 Å².